The molecule has 0 saturated carbocycles. The van der Waals surface area contributed by atoms with E-state index in [9.17, 15) is 4.79 Å². The first kappa shape index (κ1) is 13.7. The molecule has 3 N–H and O–H groups in total. The van der Waals surface area contributed by atoms with E-state index in [2.05, 4.69) is 15.1 Å². The van der Waals surface area contributed by atoms with Crippen LogP contribution in [0.5, 0.6) is 0 Å². The predicted molar refractivity (Wildman–Crippen MR) is 70.5 cm³/mol. The Morgan fingerprint density at radius 1 is 1.26 bits per heavy atom. The summed E-state index contributed by atoms with van der Waals surface area (Å²) >= 11 is 0. The summed E-state index contributed by atoms with van der Waals surface area (Å²) in [5.74, 6) is 0.194. The molecule has 1 saturated heterocycles. The number of nitrogens with zero attached hydrogens (tertiary/aromatic N) is 4. The minimum Gasteiger partial charge on any atom is -0.395 e. The quantitative estimate of drug-likeness (QED) is 0.743. The van der Waals surface area contributed by atoms with E-state index >= 15 is 0 Å². The van der Waals surface area contributed by atoms with Crippen molar-refractivity contribution in [2.45, 2.75) is 6.42 Å². The minimum absolute atomic E-state index is 0.113. The highest BCUT2D eigenvalue weighted by Gasteiger charge is 2.21. The second-order valence-electron chi connectivity index (χ2n) is 4.55. The number of anilines is 1. The van der Waals surface area contributed by atoms with Crippen molar-refractivity contribution in [3.8, 4) is 0 Å². The number of rotatable bonds is 3. The van der Waals surface area contributed by atoms with Crippen LogP contribution >= 0.6 is 0 Å². The monoisotopic (exact) mass is 265 g/mol. The number of hydrogen-bond acceptors (Lipinski definition) is 6. The van der Waals surface area contributed by atoms with Gasteiger partial charge in [0.05, 0.1) is 6.61 Å². The van der Waals surface area contributed by atoms with Gasteiger partial charge in [0.15, 0.2) is 5.69 Å². The van der Waals surface area contributed by atoms with E-state index < -0.39 is 0 Å². The third-order valence-corrected chi connectivity index (χ3v) is 3.20. The number of nitrogen functional groups attached to an aromatic ring is 1. The van der Waals surface area contributed by atoms with Crippen LogP contribution in [0.25, 0.3) is 0 Å². The van der Waals surface area contributed by atoms with Gasteiger partial charge in [-0.3, -0.25) is 9.69 Å². The van der Waals surface area contributed by atoms with Crippen LogP contribution in [0.4, 0.5) is 5.82 Å². The third-order valence-electron chi connectivity index (χ3n) is 3.20. The molecule has 1 aromatic rings. The summed E-state index contributed by atoms with van der Waals surface area (Å²) in [6.45, 7) is 3.82. The van der Waals surface area contributed by atoms with Crippen molar-refractivity contribution < 1.29 is 9.90 Å². The van der Waals surface area contributed by atoms with Crippen LogP contribution in [0.15, 0.2) is 12.1 Å². The average molecular weight is 265 g/mol. The molecule has 1 aliphatic rings. The van der Waals surface area contributed by atoms with Gasteiger partial charge in [0.25, 0.3) is 5.91 Å². The standard InChI is InChI=1S/C12H19N5O2/c13-11-3-2-10(14-15-11)12(19)17-5-1-4-16(6-7-17)8-9-18/h2-3,18H,1,4-9H2,(H2,13,15). The Hall–Kier alpha value is -1.73. The highest BCUT2D eigenvalue weighted by atomic mass is 16.3. The number of aromatic nitrogens is 2. The molecule has 104 valence electrons. The summed E-state index contributed by atoms with van der Waals surface area (Å²) < 4.78 is 0. The van der Waals surface area contributed by atoms with E-state index in [0.29, 0.717) is 31.1 Å². The molecule has 1 amide bonds. The summed E-state index contributed by atoms with van der Waals surface area (Å²) in [6.07, 6.45) is 0.897. The van der Waals surface area contributed by atoms with Gasteiger partial charge >= 0.3 is 0 Å². The fraction of sp³-hybridized carbons (Fsp3) is 0.583. The summed E-state index contributed by atoms with van der Waals surface area (Å²) in [5, 5.41) is 16.5. The Labute approximate surface area is 112 Å². The SMILES string of the molecule is Nc1ccc(C(=O)N2CCCN(CCO)CC2)nn1. The molecule has 2 heterocycles. The maximum atomic E-state index is 12.2. The van der Waals surface area contributed by atoms with Crippen LogP contribution in [-0.4, -0.2) is 70.3 Å². The Balaban J connectivity index is 1.98. The molecule has 1 fully saturated rings. The topological polar surface area (TPSA) is 95.6 Å². The molecule has 7 nitrogen and oxygen atoms in total. The lowest BCUT2D eigenvalue weighted by atomic mass is 10.3. The highest BCUT2D eigenvalue weighted by molar-refractivity contribution is 5.92. The maximum Gasteiger partial charge on any atom is 0.274 e. The predicted octanol–water partition coefficient (Wildman–Crippen LogP) is -0.801. The first-order chi connectivity index (χ1) is 9.20. The molecule has 2 rings (SSSR count). The fourth-order valence-corrected chi connectivity index (χ4v) is 2.16. The average Bonchev–Trinajstić information content (AvgIpc) is 2.65. The molecular formula is C12H19N5O2. The molecule has 7 heteroatoms. The molecule has 0 atom stereocenters. The molecular weight excluding hydrogens is 246 g/mol. The zero-order valence-corrected chi connectivity index (χ0v) is 10.8. The van der Waals surface area contributed by atoms with E-state index in [1.807, 2.05) is 0 Å². The first-order valence-corrected chi connectivity index (χ1v) is 6.42. The van der Waals surface area contributed by atoms with Crippen LogP contribution in [-0.2, 0) is 0 Å². The molecule has 0 radical (unpaired) electrons. The van der Waals surface area contributed by atoms with Crippen LogP contribution in [0.3, 0.4) is 0 Å². The van der Waals surface area contributed by atoms with Gasteiger partial charge in [-0.25, -0.2) is 0 Å². The second-order valence-corrected chi connectivity index (χ2v) is 4.55. The van der Waals surface area contributed by atoms with Crippen molar-refractivity contribution in [2.75, 3.05) is 45.1 Å². The molecule has 0 aliphatic carbocycles. The highest BCUT2D eigenvalue weighted by Crippen LogP contribution is 2.07. The van der Waals surface area contributed by atoms with Gasteiger partial charge < -0.3 is 15.7 Å². The first-order valence-electron chi connectivity index (χ1n) is 6.42. The Kier molecular flexibility index (Phi) is 4.64. The lowest BCUT2D eigenvalue weighted by molar-refractivity contribution is 0.0753. The minimum atomic E-state index is -0.113. The summed E-state index contributed by atoms with van der Waals surface area (Å²) in [7, 11) is 0. The Morgan fingerprint density at radius 3 is 2.79 bits per heavy atom. The molecule has 0 aromatic carbocycles. The molecule has 1 aliphatic heterocycles. The van der Waals surface area contributed by atoms with E-state index in [1.165, 1.54) is 0 Å². The Morgan fingerprint density at radius 2 is 2.11 bits per heavy atom. The van der Waals surface area contributed by atoms with Crippen LogP contribution in [0.2, 0.25) is 0 Å². The lowest BCUT2D eigenvalue weighted by Gasteiger charge is -2.21. The lowest BCUT2D eigenvalue weighted by Crippen LogP contribution is -2.36. The second kappa shape index (κ2) is 6.44. The molecule has 0 spiro atoms. The fourth-order valence-electron chi connectivity index (χ4n) is 2.16. The number of nitrogens with two attached hydrogens (primary N) is 1. The van der Waals surface area contributed by atoms with Gasteiger partial charge in [-0.15, -0.1) is 10.2 Å². The van der Waals surface area contributed by atoms with Gasteiger partial charge in [0.2, 0.25) is 0 Å². The number of carbonyl (C=O) groups is 1. The van der Waals surface area contributed by atoms with Gasteiger partial charge in [0.1, 0.15) is 5.82 Å². The largest absolute Gasteiger partial charge is 0.395 e. The van der Waals surface area contributed by atoms with Crippen LogP contribution in [0.1, 0.15) is 16.9 Å². The number of hydrogen-bond donors (Lipinski definition) is 2. The molecule has 0 bridgehead atoms. The smallest absolute Gasteiger partial charge is 0.274 e. The van der Waals surface area contributed by atoms with Gasteiger partial charge in [0, 0.05) is 26.2 Å². The Bertz CT molecular complexity index is 423. The molecule has 0 unspecified atom stereocenters. The van der Waals surface area contributed by atoms with Crippen molar-refractivity contribution in [1.29, 1.82) is 0 Å². The van der Waals surface area contributed by atoms with Gasteiger partial charge in [-0.05, 0) is 25.1 Å². The maximum absolute atomic E-state index is 12.2. The third kappa shape index (κ3) is 3.62. The van der Waals surface area contributed by atoms with Crippen molar-refractivity contribution in [3.63, 3.8) is 0 Å². The van der Waals surface area contributed by atoms with Crippen LogP contribution in [0, 0.1) is 0 Å². The van der Waals surface area contributed by atoms with E-state index in [-0.39, 0.29) is 12.5 Å². The van der Waals surface area contributed by atoms with Crippen molar-refractivity contribution in [1.82, 2.24) is 20.0 Å². The van der Waals surface area contributed by atoms with Crippen molar-refractivity contribution in [3.05, 3.63) is 17.8 Å². The number of aliphatic hydroxyl groups is 1. The molecule has 1 aromatic heterocycles. The van der Waals surface area contributed by atoms with Gasteiger partial charge in [-0.1, -0.05) is 0 Å². The number of amides is 1. The van der Waals surface area contributed by atoms with E-state index in [4.69, 9.17) is 10.8 Å². The zero-order valence-electron chi connectivity index (χ0n) is 10.8. The van der Waals surface area contributed by atoms with E-state index in [1.54, 1.807) is 17.0 Å². The van der Waals surface area contributed by atoms with Crippen molar-refractivity contribution in [2.24, 2.45) is 0 Å². The number of carbonyl (C=O) groups excluding carboxylic acids is 1. The van der Waals surface area contributed by atoms with Gasteiger partial charge in [-0.2, -0.15) is 0 Å². The normalized spacial score (nSPS) is 17.2. The summed E-state index contributed by atoms with van der Waals surface area (Å²) in [4.78, 5) is 16.2. The zero-order chi connectivity index (χ0) is 13.7. The summed E-state index contributed by atoms with van der Waals surface area (Å²) in [6, 6.07) is 3.18. The number of aliphatic hydroxyl groups excluding tert-OH is 1. The van der Waals surface area contributed by atoms with Crippen molar-refractivity contribution >= 4 is 11.7 Å². The number of β-amino-alcohol motifs (C(OH)–C–C–N with tert-alkyl or cyclic N) is 1. The van der Waals surface area contributed by atoms with Crippen LogP contribution < -0.4 is 5.73 Å². The molecule has 19 heavy (non-hydrogen) atoms. The summed E-state index contributed by atoms with van der Waals surface area (Å²) in [5.41, 5.74) is 5.78. The van der Waals surface area contributed by atoms with E-state index in [0.717, 1.165) is 19.5 Å².